The van der Waals surface area contributed by atoms with Gasteiger partial charge in [-0.2, -0.15) is 0 Å². The number of benzene rings is 1. The van der Waals surface area contributed by atoms with Crippen LogP contribution in [0, 0.1) is 21.7 Å². The third kappa shape index (κ3) is 4.01. The molecule has 1 N–H and O–H groups in total. The van der Waals surface area contributed by atoms with Crippen LogP contribution in [-0.2, 0) is 0 Å². The Bertz CT molecular complexity index is 593. The predicted molar refractivity (Wildman–Crippen MR) is 73.6 cm³/mol. The molecule has 0 aliphatic rings. The van der Waals surface area contributed by atoms with E-state index in [1.807, 2.05) is 0 Å². The van der Waals surface area contributed by atoms with E-state index in [0.717, 1.165) is 6.07 Å². The number of nitrogens with zero attached hydrogens (tertiary/aromatic N) is 1. The number of nitrogens with one attached hydrogen (secondary N) is 1. The Hall–Kier alpha value is -2.50. The highest BCUT2D eigenvalue weighted by molar-refractivity contribution is 5.53. The van der Waals surface area contributed by atoms with Gasteiger partial charge in [0.05, 0.1) is 10.6 Å². The van der Waals surface area contributed by atoms with Crippen LogP contribution in [0.25, 0.3) is 0 Å². The number of halogens is 2. The van der Waals surface area contributed by atoms with Crippen molar-refractivity contribution in [1.82, 2.24) is 0 Å². The molecule has 0 saturated heterocycles. The Morgan fingerprint density at radius 2 is 1.90 bits per heavy atom. The van der Waals surface area contributed by atoms with Gasteiger partial charge in [-0.1, -0.05) is 12.2 Å². The summed E-state index contributed by atoms with van der Waals surface area (Å²) in [5, 5.41) is 13.6. The Balaban J connectivity index is 3.27. The molecule has 0 amide bonds. The van der Waals surface area contributed by atoms with Crippen LogP contribution < -0.4 is 5.32 Å². The summed E-state index contributed by atoms with van der Waals surface area (Å²) in [5.41, 5.74) is -0.140. The van der Waals surface area contributed by atoms with Crippen LogP contribution in [0.1, 0.15) is 13.8 Å². The van der Waals surface area contributed by atoms with Crippen molar-refractivity contribution < 1.29 is 13.7 Å². The van der Waals surface area contributed by atoms with Crippen LogP contribution in [0.3, 0.4) is 0 Å². The van der Waals surface area contributed by atoms with Gasteiger partial charge in [-0.05, 0) is 32.1 Å². The van der Waals surface area contributed by atoms with Crippen LogP contribution in [0.5, 0.6) is 0 Å². The summed E-state index contributed by atoms with van der Waals surface area (Å²) < 4.78 is 26.4. The topological polar surface area (TPSA) is 55.2 Å². The third-order valence-electron chi connectivity index (χ3n) is 2.33. The van der Waals surface area contributed by atoms with Gasteiger partial charge in [-0.25, -0.2) is 8.78 Å². The second-order valence-corrected chi connectivity index (χ2v) is 3.81. The molecule has 0 saturated carbocycles. The number of nitro groups is 1. The highest BCUT2D eigenvalue weighted by Gasteiger charge is 2.15. The van der Waals surface area contributed by atoms with Crippen molar-refractivity contribution >= 4 is 5.69 Å². The maximum absolute atomic E-state index is 13.6. The van der Waals surface area contributed by atoms with Crippen molar-refractivity contribution in [2.45, 2.75) is 13.8 Å². The fourth-order valence-electron chi connectivity index (χ4n) is 1.50. The quantitative estimate of drug-likeness (QED) is 0.503. The van der Waals surface area contributed by atoms with E-state index in [-0.39, 0.29) is 17.1 Å². The summed E-state index contributed by atoms with van der Waals surface area (Å²) in [4.78, 5) is 10.4. The highest BCUT2D eigenvalue weighted by Crippen LogP contribution is 2.19. The largest absolute Gasteiger partial charge is 0.348 e. The lowest BCUT2D eigenvalue weighted by molar-refractivity contribution is -0.419. The number of hydrogen-bond donors (Lipinski definition) is 1. The fourth-order valence-corrected chi connectivity index (χ4v) is 1.50. The predicted octanol–water partition coefficient (Wildman–Crippen LogP) is 4.02. The fraction of sp³-hybridized carbons (Fsp3) is 0.143. The van der Waals surface area contributed by atoms with E-state index in [0.29, 0.717) is 6.07 Å². The van der Waals surface area contributed by atoms with Gasteiger partial charge in [0.1, 0.15) is 17.3 Å². The molecule has 1 aromatic rings. The number of rotatable bonds is 5. The molecule has 106 valence electrons. The normalized spacial score (nSPS) is 12.8. The zero-order valence-electron chi connectivity index (χ0n) is 11.1. The molecule has 0 aliphatic carbocycles. The van der Waals surface area contributed by atoms with Gasteiger partial charge in [-0.3, -0.25) is 10.1 Å². The lowest BCUT2D eigenvalue weighted by atomic mass is 10.2. The summed E-state index contributed by atoms with van der Waals surface area (Å²) >= 11 is 0. The average Bonchev–Trinajstić information content (AvgIpc) is 2.38. The minimum Gasteiger partial charge on any atom is -0.348 e. The minimum atomic E-state index is -0.824. The van der Waals surface area contributed by atoms with E-state index < -0.39 is 16.6 Å². The first-order valence-corrected chi connectivity index (χ1v) is 5.85. The molecule has 0 heterocycles. The molecule has 1 rings (SSSR count). The van der Waals surface area contributed by atoms with Gasteiger partial charge < -0.3 is 5.32 Å². The molecular weight excluding hydrogens is 266 g/mol. The van der Waals surface area contributed by atoms with Gasteiger partial charge in [-0.15, -0.1) is 0 Å². The Kier molecular flexibility index (Phi) is 5.58. The van der Waals surface area contributed by atoms with Crippen LogP contribution in [0.15, 0.2) is 53.9 Å². The number of hydrogen-bond acceptors (Lipinski definition) is 3. The van der Waals surface area contributed by atoms with E-state index in [2.05, 4.69) is 5.32 Å². The molecule has 1 aromatic carbocycles. The monoisotopic (exact) mass is 280 g/mol. The van der Waals surface area contributed by atoms with Gasteiger partial charge >= 0.3 is 0 Å². The summed E-state index contributed by atoms with van der Waals surface area (Å²) in [6, 6.07) is 2.96. The molecule has 0 spiro atoms. The van der Waals surface area contributed by atoms with E-state index in [1.165, 1.54) is 24.3 Å². The molecule has 6 heteroatoms. The van der Waals surface area contributed by atoms with Crippen LogP contribution in [0.2, 0.25) is 0 Å². The van der Waals surface area contributed by atoms with E-state index in [1.54, 1.807) is 19.9 Å². The van der Waals surface area contributed by atoms with Crippen molar-refractivity contribution in [1.29, 1.82) is 0 Å². The van der Waals surface area contributed by atoms with Gasteiger partial charge in [0.25, 0.3) is 5.70 Å². The van der Waals surface area contributed by atoms with Crippen LogP contribution >= 0.6 is 0 Å². The minimum absolute atomic E-state index is 0.0386. The third-order valence-corrected chi connectivity index (χ3v) is 2.33. The van der Waals surface area contributed by atoms with Gasteiger partial charge in [0, 0.05) is 12.1 Å². The second kappa shape index (κ2) is 7.18. The smallest absolute Gasteiger partial charge is 0.292 e. The average molecular weight is 280 g/mol. The molecule has 0 aromatic heterocycles. The maximum Gasteiger partial charge on any atom is 0.292 e. The highest BCUT2D eigenvalue weighted by atomic mass is 19.1. The Morgan fingerprint density at radius 3 is 2.40 bits per heavy atom. The molecular formula is C14H14F2N2O2. The summed E-state index contributed by atoms with van der Waals surface area (Å²) in [6.07, 6.45) is 5.83. The van der Waals surface area contributed by atoms with Gasteiger partial charge in [0.15, 0.2) is 0 Å². The molecule has 0 radical (unpaired) electrons. The Morgan fingerprint density at radius 1 is 1.25 bits per heavy atom. The Labute approximate surface area is 115 Å². The zero-order valence-corrected chi connectivity index (χ0v) is 11.1. The first-order chi connectivity index (χ1) is 9.49. The second-order valence-electron chi connectivity index (χ2n) is 3.81. The zero-order chi connectivity index (χ0) is 15.1. The molecule has 0 unspecified atom stereocenters. The molecule has 20 heavy (non-hydrogen) atoms. The SMILES string of the molecule is C\C=C/C(=C(\C=C\C)Nc1ccc(F)cc1F)[N+](=O)[O-]. The summed E-state index contributed by atoms with van der Waals surface area (Å²) in [5.74, 6) is -1.54. The van der Waals surface area contributed by atoms with Crippen molar-refractivity contribution in [3.05, 3.63) is 75.6 Å². The lowest BCUT2D eigenvalue weighted by Gasteiger charge is -2.08. The van der Waals surface area contributed by atoms with Crippen molar-refractivity contribution in [2.24, 2.45) is 0 Å². The molecule has 4 nitrogen and oxygen atoms in total. The van der Waals surface area contributed by atoms with Crippen molar-refractivity contribution in [3.63, 3.8) is 0 Å². The summed E-state index contributed by atoms with van der Waals surface area (Å²) in [7, 11) is 0. The molecule has 0 aliphatic heterocycles. The number of anilines is 1. The van der Waals surface area contributed by atoms with E-state index >= 15 is 0 Å². The molecule has 0 fully saturated rings. The first-order valence-electron chi connectivity index (χ1n) is 5.85. The first kappa shape index (κ1) is 15.6. The number of allylic oxidation sites excluding steroid dienone is 4. The molecule has 0 bridgehead atoms. The lowest BCUT2D eigenvalue weighted by Crippen LogP contribution is -2.08. The van der Waals surface area contributed by atoms with E-state index in [4.69, 9.17) is 0 Å². The van der Waals surface area contributed by atoms with Crippen LogP contribution in [0.4, 0.5) is 14.5 Å². The standard InChI is InChI=1S/C14H14F2N2O2/c1-3-5-13(14(6-4-2)18(19)20)17-12-8-7-10(15)9-11(12)16/h3-9,17H,1-2H3/b5-3+,6-4-,14-13-. The molecule has 0 atom stereocenters. The van der Waals surface area contributed by atoms with Crippen LogP contribution in [-0.4, -0.2) is 4.92 Å². The van der Waals surface area contributed by atoms with E-state index in [9.17, 15) is 18.9 Å². The maximum atomic E-state index is 13.6. The van der Waals surface area contributed by atoms with Crippen molar-refractivity contribution in [2.75, 3.05) is 5.32 Å². The van der Waals surface area contributed by atoms with Gasteiger partial charge in [0.2, 0.25) is 0 Å². The van der Waals surface area contributed by atoms with Crippen molar-refractivity contribution in [3.8, 4) is 0 Å². The summed E-state index contributed by atoms with van der Waals surface area (Å²) in [6.45, 7) is 3.31.